The fourth-order valence-corrected chi connectivity index (χ4v) is 2.65. The van der Waals surface area contributed by atoms with Gasteiger partial charge in [0, 0.05) is 16.7 Å². The molecule has 0 amide bonds. The molecule has 2 aromatic carbocycles. The Morgan fingerprint density at radius 2 is 1.62 bits per heavy atom. The Morgan fingerprint density at radius 1 is 1.08 bits per heavy atom. The first kappa shape index (κ1) is 19.6. The van der Waals surface area contributed by atoms with Gasteiger partial charge in [0.2, 0.25) is 0 Å². The number of hydrogen-bond acceptors (Lipinski definition) is 5. The van der Waals surface area contributed by atoms with Crippen LogP contribution in [0.3, 0.4) is 0 Å². The normalized spacial score (nSPS) is 13.0. The average molecular weight is 353 g/mol. The van der Waals surface area contributed by atoms with Crippen molar-refractivity contribution in [2.45, 2.75) is 32.7 Å². The quantitative estimate of drug-likeness (QED) is 0.448. The zero-order valence-electron chi connectivity index (χ0n) is 14.8. The summed E-state index contributed by atoms with van der Waals surface area (Å²) in [5, 5.41) is 21.3. The average Bonchev–Trinajstić information content (AvgIpc) is 2.65. The van der Waals surface area contributed by atoms with E-state index in [2.05, 4.69) is 6.58 Å². The van der Waals surface area contributed by atoms with Crippen molar-refractivity contribution >= 4 is 11.8 Å². The van der Waals surface area contributed by atoms with E-state index in [1.165, 1.54) is 18.2 Å². The van der Waals surface area contributed by atoms with Crippen molar-refractivity contribution in [2.75, 3.05) is 0 Å². The maximum atomic E-state index is 13.0. The summed E-state index contributed by atoms with van der Waals surface area (Å²) in [4.78, 5) is 24.3. The van der Waals surface area contributed by atoms with Crippen molar-refractivity contribution in [2.24, 2.45) is 0 Å². The minimum atomic E-state index is -1.41. The first-order chi connectivity index (χ1) is 12.4. The van der Waals surface area contributed by atoms with E-state index in [1.807, 2.05) is 6.92 Å². The summed E-state index contributed by atoms with van der Waals surface area (Å²) in [7, 11) is 0. The van der Waals surface area contributed by atoms with Crippen LogP contribution in [0.5, 0.6) is 0 Å². The molecule has 0 saturated heterocycles. The van der Waals surface area contributed by atoms with E-state index >= 15 is 0 Å². The SMILES string of the molecule is C=C(C)C(O)OC(CC)c1ccccc1C(=O)c1ccccc1C(=O)[O-]. The van der Waals surface area contributed by atoms with Gasteiger partial charge < -0.3 is 19.7 Å². The minimum absolute atomic E-state index is 0.0512. The Kier molecular flexibility index (Phi) is 6.44. The van der Waals surface area contributed by atoms with Crippen molar-refractivity contribution in [3.8, 4) is 0 Å². The highest BCUT2D eigenvalue weighted by Crippen LogP contribution is 2.28. The molecular weight excluding hydrogens is 332 g/mol. The fraction of sp³-hybridized carbons (Fsp3) is 0.238. The van der Waals surface area contributed by atoms with E-state index in [9.17, 15) is 19.8 Å². The second kappa shape index (κ2) is 8.56. The first-order valence-electron chi connectivity index (χ1n) is 8.29. The molecule has 26 heavy (non-hydrogen) atoms. The molecule has 0 saturated carbocycles. The molecule has 1 N–H and O–H groups in total. The van der Waals surface area contributed by atoms with Gasteiger partial charge in [-0.1, -0.05) is 62.0 Å². The molecule has 0 aliphatic heterocycles. The summed E-state index contributed by atoms with van der Waals surface area (Å²) >= 11 is 0. The first-order valence-corrected chi connectivity index (χ1v) is 8.29. The maximum Gasteiger partial charge on any atom is 0.194 e. The van der Waals surface area contributed by atoms with E-state index in [0.29, 0.717) is 23.1 Å². The van der Waals surface area contributed by atoms with Gasteiger partial charge in [-0.15, -0.1) is 0 Å². The van der Waals surface area contributed by atoms with Gasteiger partial charge in [-0.3, -0.25) is 4.79 Å². The molecule has 0 spiro atoms. The Bertz CT molecular complexity index is 825. The second-order valence-corrected chi connectivity index (χ2v) is 5.98. The smallest absolute Gasteiger partial charge is 0.194 e. The monoisotopic (exact) mass is 353 g/mol. The van der Waals surface area contributed by atoms with Crippen LogP contribution in [0.25, 0.3) is 0 Å². The van der Waals surface area contributed by atoms with E-state index < -0.39 is 24.1 Å². The highest BCUT2D eigenvalue weighted by atomic mass is 16.6. The molecule has 2 rings (SSSR count). The van der Waals surface area contributed by atoms with E-state index in [-0.39, 0.29) is 11.1 Å². The van der Waals surface area contributed by atoms with Crippen LogP contribution >= 0.6 is 0 Å². The van der Waals surface area contributed by atoms with Crippen LogP contribution in [0.1, 0.15) is 58.2 Å². The van der Waals surface area contributed by atoms with E-state index in [1.54, 1.807) is 37.3 Å². The molecular formula is C21H21O5-. The molecule has 136 valence electrons. The predicted octanol–water partition coefficient (Wildman–Crippen LogP) is 2.64. The summed E-state index contributed by atoms with van der Waals surface area (Å²) < 4.78 is 5.63. The topological polar surface area (TPSA) is 86.7 Å². The van der Waals surface area contributed by atoms with Gasteiger partial charge in [-0.25, -0.2) is 0 Å². The van der Waals surface area contributed by atoms with Crippen molar-refractivity contribution in [3.05, 3.63) is 82.9 Å². The lowest BCUT2D eigenvalue weighted by atomic mass is 9.92. The summed E-state index contributed by atoms with van der Waals surface area (Å²) in [5.41, 5.74) is 1.24. The number of benzene rings is 2. The number of aromatic carboxylic acids is 1. The van der Waals surface area contributed by atoms with Crippen molar-refractivity contribution in [3.63, 3.8) is 0 Å². The molecule has 2 aromatic rings. The molecule has 0 fully saturated rings. The van der Waals surface area contributed by atoms with Crippen LogP contribution in [0, 0.1) is 0 Å². The zero-order chi connectivity index (χ0) is 19.3. The van der Waals surface area contributed by atoms with Crippen molar-refractivity contribution in [1.29, 1.82) is 0 Å². The number of aliphatic hydroxyl groups excluding tert-OH is 1. The van der Waals surface area contributed by atoms with Gasteiger partial charge in [0.15, 0.2) is 12.1 Å². The predicted molar refractivity (Wildman–Crippen MR) is 95.6 cm³/mol. The van der Waals surface area contributed by atoms with Crippen LogP contribution in [-0.2, 0) is 4.74 Å². The third-order valence-corrected chi connectivity index (χ3v) is 4.03. The molecule has 5 nitrogen and oxygen atoms in total. The van der Waals surface area contributed by atoms with Crippen LogP contribution in [-0.4, -0.2) is 23.1 Å². The lowest BCUT2D eigenvalue weighted by Gasteiger charge is -2.23. The molecule has 0 aliphatic carbocycles. The summed E-state index contributed by atoms with van der Waals surface area (Å²) in [6, 6.07) is 12.7. The van der Waals surface area contributed by atoms with E-state index in [4.69, 9.17) is 4.74 Å². The summed E-state index contributed by atoms with van der Waals surface area (Å²) in [5.74, 6) is -1.85. The standard InChI is InChI=1S/C21H22O5/c1-4-18(26-21(25)13(2)3)14-9-5-6-10-15(14)19(22)16-11-7-8-12-17(16)20(23)24/h5-12,18,21,25H,2,4H2,1,3H3,(H,23,24)/p-1. The number of carboxylic acids is 1. The molecule has 0 radical (unpaired) electrons. The molecule has 5 heteroatoms. The molecule has 0 aliphatic rings. The Labute approximate surface area is 152 Å². The van der Waals surface area contributed by atoms with Gasteiger partial charge in [-0.2, -0.15) is 0 Å². The van der Waals surface area contributed by atoms with Gasteiger partial charge in [0.25, 0.3) is 0 Å². The third kappa shape index (κ3) is 4.25. The second-order valence-electron chi connectivity index (χ2n) is 5.98. The molecule has 0 heterocycles. The number of rotatable bonds is 8. The minimum Gasteiger partial charge on any atom is -0.545 e. The number of aliphatic hydroxyl groups is 1. The molecule has 2 atom stereocenters. The Balaban J connectivity index is 2.47. The van der Waals surface area contributed by atoms with Crippen LogP contribution in [0.15, 0.2) is 60.7 Å². The van der Waals surface area contributed by atoms with Gasteiger partial charge >= 0.3 is 0 Å². The van der Waals surface area contributed by atoms with Gasteiger partial charge in [0.05, 0.1) is 12.1 Å². The lowest BCUT2D eigenvalue weighted by Crippen LogP contribution is -2.25. The third-order valence-electron chi connectivity index (χ3n) is 4.03. The lowest BCUT2D eigenvalue weighted by molar-refractivity contribution is -0.255. The fourth-order valence-electron chi connectivity index (χ4n) is 2.65. The van der Waals surface area contributed by atoms with E-state index in [0.717, 1.165) is 0 Å². The van der Waals surface area contributed by atoms with Crippen LogP contribution in [0.2, 0.25) is 0 Å². The molecule has 2 unspecified atom stereocenters. The number of carbonyl (C=O) groups excluding carboxylic acids is 2. The highest BCUT2D eigenvalue weighted by Gasteiger charge is 2.23. The number of carbonyl (C=O) groups is 2. The highest BCUT2D eigenvalue weighted by molar-refractivity contribution is 6.14. The summed E-state index contributed by atoms with van der Waals surface area (Å²) in [6.45, 7) is 7.17. The van der Waals surface area contributed by atoms with Crippen LogP contribution in [0.4, 0.5) is 0 Å². The Hall–Kier alpha value is -2.76. The molecule has 0 bridgehead atoms. The number of ether oxygens (including phenoxy) is 1. The molecule has 0 aromatic heterocycles. The van der Waals surface area contributed by atoms with Gasteiger partial charge in [0.1, 0.15) is 0 Å². The largest absolute Gasteiger partial charge is 0.545 e. The van der Waals surface area contributed by atoms with Crippen LogP contribution < -0.4 is 5.11 Å². The van der Waals surface area contributed by atoms with Crippen molar-refractivity contribution in [1.82, 2.24) is 0 Å². The maximum absolute atomic E-state index is 13.0. The van der Waals surface area contributed by atoms with Gasteiger partial charge in [-0.05, 0) is 24.5 Å². The number of ketones is 1. The Morgan fingerprint density at radius 3 is 2.15 bits per heavy atom. The zero-order valence-corrected chi connectivity index (χ0v) is 14.8. The number of carboxylic acid groups (broad SMARTS) is 1. The van der Waals surface area contributed by atoms with Crippen molar-refractivity contribution < 1.29 is 24.5 Å². The summed E-state index contributed by atoms with van der Waals surface area (Å²) in [6.07, 6.45) is -1.19. The number of hydrogen-bond donors (Lipinski definition) is 1.